The molecule has 30 heavy (non-hydrogen) atoms. The summed E-state index contributed by atoms with van der Waals surface area (Å²) in [6.07, 6.45) is 2.97. The summed E-state index contributed by atoms with van der Waals surface area (Å²) < 4.78 is 30.3. The van der Waals surface area contributed by atoms with Gasteiger partial charge in [0.2, 0.25) is 0 Å². The molecule has 7 nitrogen and oxygen atoms in total. The molecule has 0 unspecified atom stereocenters. The second-order valence-corrected chi connectivity index (χ2v) is 8.58. The number of hydroxylamine groups is 1. The van der Waals surface area contributed by atoms with Crippen LogP contribution in [-0.2, 0) is 27.7 Å². The third kappa shape index (κ3) is 3.96. The molecule has 8 heteroatoms. The van der Waals surface area contributed by atoms with Crippen LogP contribution in [0.2, 0.25) is 0 Å². The highest BCUT2D eigenvalue weighted by molar-refractivity contribution is 7.98. The molecule has 3 aromatic rings. The molecule has 1 aliphatic rings. The zero-order chi connectivity index (χ0) is 21.1. The normalized spacial score (nSPS) is 14.8. The van der Waals surface area contributed by atoms with Crippen molar-refractivity contribution in [2.75, 3.05) is 0 Å². The van der Waals surface area contributed by atoms with Crippen molar-refractivity contribution in [2.24, 2.45) is 0 Å². The first-order valence-corrected chi connectivity index (χ1v) is 10.7. The number of carbonyl (C=O) groups excluding carboxylic acids is 1. The number of carbonyl (C=O) groups is 1. The van der Waals surface area contributed by atoms with Gasteiger partial charge >= 0.3 is 0 Å². The van der Waals surface area contributed by atoms with Crippen molar-refractivity contribution in [3.8, 4) is 5.75 Å². The summed E-state index contributed by atoms with van der Waals surface area (Å²) in [5.41, 5.74) is 4.02. The summed E-state index contributed by atoms with van der Waals surface area (Å²) in [5, 5.41) is 10.8. The molecule has 2 heterocycles. The highest BCUT2D eigenvalue weighted by atomic mass is 32.2. The molecule has 0 saturated carbocycles. The van der Waals surface area contributed by atoms with Crippen LogP contribution in [0.1, 0.15) is 11.1 Å². The summed E-state index contributed by atoms with van der Waals surface area (Å²) in [4.78, 5) is 16.0. The quantitative estimate of drug-likeness (QED) is 0.467. The molecule has 0 spiro atoms. The molecule has 152 valence electrons. The van der Waals surface area contributed by atoms with Crippen molar-refractivity contribution >= 4 is 26.6 Å². The highest BCUT2D eigenvalue weighted by Crippen LogP contribution is 2.28. The fraction of sp³-hybridized carbons (Fsp3) is 0.0909. The van der Waals surface area contributed by atoms with Gasteiger partial charge in [-0.2, -0.15) is 0 Å². The van der Waals surface area contributed by atoms with E-state index < -0.39 is 15.7 Å². The molecule has 1 amide bonds. The van der Waals surface area contributed by atoms with Gasteiger partial charge in [0.1, 0.15) is 12.4 Å². The monoisotopic (exact) mass is 422 g/mol. The number of rotatable bonds is 6. The van der Waals surface area contributed by atoms with E-state index in [0.717, 1.165) is 21.9 Å². The largest absolute Gasteiger partial charge is 0.489 e. The van der Waals surface area contributed by atoms with Crippen molar-refractivity contribution in [2.45, 2.75) is 13.0 Å². The Morgan fingerprint density at radius 2 is 1.83 bits per heavy atom. The number of para-hydroxylation sites is 1. The van der Waals surface area contributed by atoms with Gasteiger partial charge in [0, 0.05) is 29.0 Å². The van der Waals surface area contributed by atoms with Gasteiger partial charge in [-0.1, -0.05) is 30.3 Å². The smallest absolute Gasteiger partial charge is 0.275 e. The summed E-state index contributed by atoms with van der Waals surface area (Å²) in [5.74, 6) is -0.221. The Labute approximate surface area is 173 Å². The van der Waals surface area contributed by atoms with E-state index in [2.05, 4.69) is 4.98 Å². The number of nitrogens with zero attached hydrogens (tertiary/aromatic N) is 1. The Kier molecular flexibility index (Phi) is 5.35. The lowest BCUT2D eigenvalue weighted by Crippen LogP contribution is -2.21. The second-order valence-electron chi connectivity index (χ2n) is 6.72. The lowest BCUT2D eigenvalue weighted by atomic mass is 10.1. The minimum atomic E-state index is -3.68. The number of nitrogens with one attached hydrogen (secondary N) is 1. The van der Waals surface area contributed by atoms with E-state index in [0.29, 0.717) is 17.9 Å². The molecule has 0 saturated heterocycles. The van der Waals surface area contributed by atoms with Crippen LogP contribution in [0.3, 0.4) is 0 Å². The minimum Gasteiger partial charge on any atom is -0.489 e. The van der Waals surface area contributed by atoms with Crippen LogP contribution in [0.25, 0.3) is 10.9 Å². The molecule has 0 aliphatic carbocycles. The first-order valence-electron chi connectivity index (χ1n) is 9.13. The van der Waals surface area contributed by atoms with Crippen molar-refractivity contribution in [3.05, 3.63) is 93.9 Å². The Morgan fingerprint density at radius 1 is 1.07 bits per heavy atom. The van der Waals surface area contributed by atoms with E-state index in [1.54, 1.807) is 30.5 Å². The molecule has 0 atom stereocenters. The van der Waals surface area contributed by atoms with Crippen molar-refractivity contribution < 1.29 is 23.2 Å². The van der Waals surface area contributed by atoms with E-state index >= 15 is 0 Å². The van der Waals surface area contributed by atoms with Crippen molar-refractivity contribution in [1.29, 1.82) is 0 Å². The third-order valence-electron chi connectivity index (χ3n) is 4.83. The highest BCUT2D eigenvalue weighted by Gasteiger charge is 2.28. The van der Waals surface area contributed by atoms with E-state index in [4.69, 9.17) is 9.94 Å². The van der Waals surface area contributed by atoms with Crippen LogP contribution < -0.4 is 10.2 Å². The molecule has 1 aliphatic heterocycles. The summed E-state index contributed by atoms with van der Waals surface area (Å²) >= 11 is 0. The third-order valence-corrected chi connectivity index (χ3v) is 6.37. The molecule has 0 bridgehead atoms. The average molecular weight is 422 g/mol. The Morgan fingerprint density at radius 3 is 2.60 bits per heavy atom. The number of ether oxygens (including phenoxy) is 1. The van der Waals surface area contributed by atoms with Gasteiger partial charge in [0.05, 0.1) is 16.0 Å². The number of sulfone groups is 1. The SMILES string of the molecule is O=C(NO)C1=C(Cc2ccc(OCc3ccnc4ccccc34)cc2)S(=O)(=O)C=C1. The van der Waals surface area contributed by atoms with E-state index in [-0.39, 0.29) is 16.9 Å². The predicted molar refractivity (Wildman–Crippen MR) is 111 cm³/mol. The molecular weight excluding hydrogens is 404 g/mol. The van der Waals surface area contributed by atoms with Crippen molar-refractivity contribution in [3.63, 3.8) is 0 Å². The van der Waals surface area contributed by atoms with Crippen LogP contribution in [0.5, 0.6) is 5.75 Å². The van der Waals surface area contributed by atoms with E-state index in [9.17, 15) is 13.2 Å². The lowest BCUT2D eigenvalue weighted by molar-refractivity contribution is -0.124. The number of benzene rings is 2. The summed E-state index contributed by atoms with van der Waals surface area (Å²) in [7, 11) is -3.68. The number of hydrogen-bond donors (Lipinski definition) is 2. The van der Waals surface area contributed by atoms with Gasteiger partial charge in [-0.05, 0) is 35.9 Å². The molecule has 0 radical (unpaired) electrons. The number of fused-ring (bicyclic) bond motifs is 1. The Hall–Kier alpha value is -3.49. The van der Waals surface area contributed by atoms with Gasteiger partial charge < -0.3 is 4.74 Å². The van der Waals surface area contributed by atoms with E-state index in [1.165, 1.54) is 11.6 Å². The van der Waals surface area contributed by atoms with E-state index in [1.807, 2.05) is 30.3 Å². The molecular formula is C22H18N2O5S. The van der Waals surface area contributed by atoms with Crippen LogP contribution >= 0.6 is 0 Å². The van der Waals surface area contributed by atoms with Gasteiger partial charge in [0.25, 0.3) is 5.91 Å². The number of aromatic nitrogens is 1. The minimum absolute atomic E-state index is 0.0351. The van der Waals surface area contributed by atoms with Crippen LogP contribution in [0, 0.1) is 0 Å². The molecule has 1 aromatic heterocycles. The topological polar surface area (TPSA) is 106 Å². The van der Waals surface area contributed by atoms with Crippen LogP contribution in [-0.4, -0.2) is 24.5 Å². The molecule has 2 N–H and O–H groups in total. The number of hydrogen-bond acceptors (Lipinski definition) is 6. The number of allylic oxidation sites excluding steroid dienone is 1. The fourth-order valence-electron chi connectivity index (χ4n) is 3.28. The first kappa shape index (κ1) is 19.8. The summed E-state index contributed by atoms with van der Waals surface area (Å²) in [6, 6.07) is 16.7. The molecule has 2 aromatic carbocycles. The molecule has 0 fully saturated rings. The zero-order valence-corrected chi connectivity index (χ0v) is 16.6. The standard InChI is InChI=1S/C22H18N2O5S/c25-22(24-26)19-10-12-30(27,28)21(19)13-15-5-7-17(8-6-15)29-14-16-9-11-23-20-4-2-1-3-18(16)20/h1-12,26H,13-14H2,(H,24,25). The average Bonchev–Trinajstić information content (AvgIpc) is 3.06. The molecule has 4 rings (SSSR count). The number of amides is 1. The van der Waals surface area contributed by atoms with Crippen LogP contribution in [0.15, 0.2) is 82.8 Å². The Balaban J connectivity index is 1.49. The maximum Gasteiger partial charge on any atom is 0.275 e. The first-order chi connectivity index (χ1) is 14.5. The number of pyridine rings is 1. The van der Waals surface area contributed by atoms with Gasteiger partial charge in [-0.15, -0.1) is 0 Å². The predicted octanol–water partition coefficient (Wildman–Crippen LogP) is 3.06. The maximum atomic E-state index is 12.2. The maximum absolute atomic E-state index is 12.2. The zero-order valence-electron chi connectivity index (χ0n) is 15.8. The second kappa shape index (κ2) is 8.10. The van der Waals surface area contributed by atoms with Crippen LogP contribution in [0.4, 0.5) is 0 Å². The summed E-state index contributed by atoms with van der Waals surface area (Å²) in [6.45, 7) is 0.368. The van der Waals surface area contributed by atoms with Gasteiger partial charge in [0.15, 0.2) is 9.84 Å². The van der Waals surface area contributed by atoms with Crippen molar-refractivity contribution in [1.82, 2.24) is 10.5 Å². The Bertz CT molecular complexity index is 1270. The van der Waals surface area contributed by atoms with Gasteiger partial charge in [-0.25, -0.2) is 13.9 Å². The van der Waals surface area contributed by atoms with Gasteiger partial charge in [-0.3, -0.25) is 15.0 Å². The fourth-order valence-corrected chi connectivity index (χ4v) is 4.59. The lowest BCUT2D eigenvalue weighted by Gasteiger charge is -2.10.